The van der Waals surface area contributed by atoms with Crippen LogP contribution in [0.25, 0.3) is 0 Å². The molecule has 3 N–H and O–H groups in total. The van der Waals surface area contributed by atoms with Crippen LogP contribution in [0.5, 0.6) is 11.5 Å². The van der Waals surface area contributed by atoms with Crippen LogP contribution in [0.2, 0.25) is 0 Å². The molecule has 2 aliphatic rings. The maximum Gasteiger partial charge on any atom is 0.161 e. The zero-order valence-corrected chi connectivity index (χ0v) is 13.7. The van der Waals surface area contributed by atoms with E-state index in [1.54, 1.807) is 7.11 Å². The average Bonchev–Trinajstić information content (AvgIpc) is 3.17. The van der Waals surface area contributed by atoms with Crippen LogP contribution in [0.1, 0.15) is 44.1 Å². The summed E-state index contributed by atoms with van der Waals surface area (Å²) in [5, 5.41) is 3.48. The molecule has 0 amide bonds. The van der Waals surface area contributed by atoms with Gasteiger partial charge in [0.2, 0.25) is 0 Å². The maximum atomic E-state index is 6.22. The fraction of sp³-hybridized carbons (Fsp3) is 0.667. The van der Waals surface area contributed by atoms with E-state index in [4.69, 9.17) is 15.2 Å². The standard InChI is InChI=1S/C18H28N2O2/c1-18(11-19)12-20-10-15(18)13-7-8-16(21-2)17(9-13)22-14-5-3-4-6-14/h7-9,14-15,20H,3-6,10-12,19H2,1-2H3/t15-,18+/m0/s1. The van der Waals surface area contributed by atoms with E-state index in [1.807, 2.05) is 6.07 Å². The van der Waals surface area contributed by atoms with E-state index in [9.17, 15) is 0 Å². The lowest BCUT2D eigenvalue weighted by molar-refractivity contribution is 0.200. The largest absolute Gasteiger partial charge is 0.493 e. The minimum absolute atomic E-state index is 0.110. The van der Waals surface area contributed by atoms with Gasteiger partial charge in [-0.3, -0.25) is 0 Å². The Kier molecular flexibility index (Phi) is 4.59. The molecule has 1 aliphatic heterocycles. The van der Waals surface area contributed by atoms with E-state index >= 15 is 0 Å². The summed E-state index contributed by atoms with van der Waals surface area (Å²) in [5.74, 6) is 2.14. The number of methoxy groups -OCH3 is 1. The lowest BCUT2D eigenvalue weighted by Crippen LogP contribution is -2.33. The highest BCUT2D eigenvalue weighted by Crippen LogP contribution is 2.41. The van der Waals surface area contributed by atoms with E-state index in [0.29, 0.717) is 18.6 Å². The van der Waals surface area contributed by atoms with Crippen LogP contribution in [0.15, 0.2) is 18.2 Å². The summed E-state index contributed by atoms with van der Waals surface area (Å²) in [6.07, 6.45) is 5.18. The van der Waals surface area contributed by atoms with Crippen molar-refractivity contribution in [1.82, 2.24) is 5.32 Å². The second kappa shape index (κ2) is 6.47. The monoisotopic (exact) mass is 304 g/mol. The van der Waals surface area contributed by atoms with Gasteiger partial charge in [0, 0.05) is 24.4 Å². The summed E-state index contributed by atoms with van der Waals surface area (Å²) < 4.78 is 11.7. The van der Waals surface area contributed by atoms with Gasteiger partial charge in [0.25, 0.3) is 0 Å². The summed E-state index contributed by atoms with van der Waals surface area (Å²) in [5.41, 5.74) is 7.43. The Balaban J connectivity index is 1.86. The Hall–Kier alpha value is -1.26. The molecule has 1 aliphatic carbocycles. The molecule has 3 rings (SSSR count). The van der Waals surface area contributed by atoms with Crippen LogP contribution in [0.3, 0.4) is 0 Å². The van der Waals surface area contributed by atoms with Gasteiger partial charge in [-0.25, -0.2) is 0 Å². The second-order valence-electron chi connectivity index (χ2n) is 6.98. The van der Waals surface area contributed by atoms with Crippen molar-refractivity contribution in [3.63, 3.8) is 0 Å². The number of rotatable bonds is 5. The summed E-state index contributed by atoms with van der Waals surface area (Å²) in [4.78, 5) is 0. The predicted molar refractivity (Wildman–Crippen MR) is 88.7 cm³/mol. The van der Waals surface area contributed by atoms with E-state index < -0.39 is 0 Å². The molecular weight excluding hydrogens is 276 g/mol. The number of hydrogen-bond donors (Lipinski definition) is 2. The lowest BCUT2D eigenvalue weighted by Gasteiger charge is -2.30. The molecule has 1 saturated heterocycles. The molecule has 4 nitrogen and oxygen atoms in total. The van der Waals surface area contributed by atoms with Crippen molar-refractivity contribution in [1.29, 1.82) is 0 Å². The van der Waals surface area contributed by atoms with Gasteiger partial charge in [0.1, 0.15) is 0 Å². The van der Waals surface area contributed by atoms with Gasteiger partial charge in [-0.15, -0.1) is 0 Å². The van der Waals surface area contributed by atoms with Crippen molar-refractivity contribution in [2.24, 2.45) is 11.1 Å². The quantitative estimate of drug-likeness (QED) is 0.878. The fourth-order valence-electron chi connectivity index (χ4n) is 3.79. The highest BCUT2D eigenvalue weighted by atomic mass is 16.5. The van der Waals surface area contributed by atoms with Gasteiger partial charge in [-0.2, -0.15) is 0 Å². The van der Waals surface area contributed by atoms with E-state index in [-0.39, 0.29) is 5.41 Å². The second-order valence-corrected chi connectivity index (χ2v) is 6.98. The number of benzene rings is 1. The van der Waals surface area contributed by atoms with Gasteiger partial charge >= 0.3 is 0 Å². The first kappa shape index (κ1) is 15.6. The van der Waals surface area contributed by atoms with Gasteiger partial charge in [-0.1, -0.05) is 13.0 Å². The van der Waals surface area contributed by atoms with E-state index in [2.05, 4.69) is 24.4 Å². The molecule has 1 aromatic carbocycles. The third-order valence-electron chi connectivity index (χ3n) is 5.37. The molecule has 0 unspecified atom stereocenters. The highest BCUT2D eigenvalue weighted by Gasteiger charge is 2.38. The van der Waals surface area contributed by atoms with Gasteiger partial charge < -0.3 is 20.5 Å². The van der Waals surface area contributed by atoms with E-state index in [0.717, 1.165) is 37.4 Å². The first-order valence-corrected chi connectivity index (χ1v) is 8.41. The smallest absolute Gasteiger partial charge is 0.161 e. The number of nitrogens with two attached hydrogens (primary N) is 1. The van der Waals surface area contributed by atoms with E-state index in [1.165, 1.54) is 18.4 Å². The Morgan fingerprint density at radius 2 is 2.05 bits per heavy atom. The van der Waals surface area contributed by atoms with Gasteiger partial charge in [-0.05, 0) is 49.9 Å². The van der Waals surface area contributed by atoms with Crippen molar-refractivity contribution in [2.45, 2.75) is 44.6 Å². The molecule has 1 saturated carbocycles. The third-order valence-corrected chi connectivity index (χ3v) is 5.37. The molecular formula is C18H28N2O2. The number of ether oxygens (including phenoxy) is 2. The molecule has 0 spiro atoms. The summed E-state index contributed by atoms with van der Waals surface area (Å²) >= 11 is 0. The Morgan fingerprint density at radius 1 is 1.27 bits per heavy atom. The summed E-state index contributed by atoms with van der Waals surface area (Å²) in [6.45, 7) is 4.90. The summed E-state index contributed by atoms with van der Waals surface area (Å²) in [7, 11) is 1.71. The molecule has 2 atom stereocenters. The Morgan fingerprint density at radius 3 is 2.73 bits per heavy atom. The molecule has 122 valence electrons. The van der Waals surface area contributed by atoms with Crippen molar-refractivity contribution < 1.29 is 9.47 Å². The SMILES string of the molecule is COc1ccc([C@@H]2CNC[C@@]2(C)CN)cc1OC1CCCC1. The molecule has 1 aromatic rings. The highest BCUT2D eigenvalue weighted by molar-refractivity contribution is 5.45. The van der Waals surface area contributed by atoms with Crippen LogP contribution in [0.4, 0.5) is 0 Å². The first-order valence-electron chi connectivity index (χ1n) is 8.41. The Labute approximate surface area is 133 Å². The van der Waals surface area contributed by atoms with Crippen LogP contribution >= 0.6 is 0 Å². The van der Waals surface area contributed by atoms with Gasteiger partial charge in [0.05, 0.1) is 13.2 Å². The third kappa shape index (κ3) is 2.95. The predicted octanol–water partition coefficient (Wildman–Crippen LogP) is 2.67. The summed E-state index contributed by atoms with van der Waals surface area (Å²) in [6, 6.07) is 6.36. The van der Waals surface area contributed by atoms with Crippen LogP contribution in [-0.4, -0.2) is 32.8 Å². The Bertz CT molecular complexity index is 514. The number of hydrogen-bond acceptors (Lipinski definition) is 4. The van der Waals surface area contributed by atoms with Gasteiger partial charge in [0.15, 0.2) is 11.5 Å². The molecule has 0 aromatic heterocycles. The molecule has 0 radical (unpaired) electrons. The molecule has 4 heteroatoms. The molecule has 1 heterocycles. The molecule has 22 heavy (non-hydrogen) atoms. The fourth-order valence-corrected chi connectivity index (χ4v) is 3.79. The van der Waals surface area contributed by atoms with Crippen LogP contribution < -0.4 is 20.5 Å². The minimum atomic E-state index is 0.110. The lowest BCUT2D eigenvalue weighted by atomic mass is 9.76. The zero-order valence-electron chi connectivity index (χ0n) is 13.7. The zero-order chi connectivity index (χ0) is 15.6. The van der Waals surface area contributed by atoms with Crippen LogP contribution in [0, 0.1) is 5.41 Å². The van der Waals surface area contributed by atoms with Crippen molar-refractivity contribution >= 4 is 0 Å². The first-order chi connectivity index (χ1) is 10.7. The van der Waals surface area contributed by atoms with Crippen molar-refractivity contribution in [2.75, 3.05) is 26.7 Å². The minimum Gasteiger partial charge on any atom is -0.493 e. The van der Waals surface area contributed by atoms with Crippen LogP contribution in [-0.2, 0) is 0 Å². The van der Waals surface area contributed by atoms with Crippen molar-refractivity contribution in [3.05, 3.63) is 23.8 Å². The normalized spacial score (nSPS) is 29.0. The average molecular weight is 304 g/mol. The molecule has 0 bridgehead atoms. The maximum absolute atomic E-state index is 6.22. The molecule has 2 fully saturated rings. The topological polar surface area (TPSA) is 56.5 Å². The number of nitrogens with one attached hydrogen (secondary N) is 1. The van der Waals surface area contributed by atoms with Crippen molar-refractivity contribution in [3.8, 4) is 11.5 Å².